The molecule has 2 aromatic rings. The fraction of sp³-hybridized carbons (Fsp3) is 0.0769. The molecule has 1 aromatic heterocycles. The number of oxime groups is 1. The molecule has 2 rings (SSSR count). The SMILES string of the molecule is CS(=O)(=O)c1ccc(Sc2cccnc2/C(N)=N/O)cc1. The van der Waals surface area contributed by atoms with Crippen LogP contribution in [0.25, 0.3) is 0 Å². The highest BCUT2D eigenvalue weighted by Crippen LogP contribution is 2.30. The van der Waals surface area contributed by atoms with Gasteiger partial charge in [0.1, 0.15) is 5.69 Å². The second-order valence-electron chi connectivity index (χ2n) is 4.18. The van der Waals surface area contributed by atoms with Crippen molar-refractivity contribution in [1.29, 1.82) is 0 Å². The second-order valence-corrected chi connectivity index (χ2v) is 7.31. The van der Waals surface area contributed by atoms with Crippen molar-refractivity contribution in [3.63, 3.8) is 0 Å². The van der Waals surface area contributed by atoms with Crippen LogP contribution < -0.4 is 5.73 Å². The summed E-state index contributed by atoms with van der Waals surface area (Å²) in [6.07, 6.45) is 2.71. The molecular formula is C13H13N3O3S2. The standard InChI is InChI=1S/C13H13N3O3S2/c1-21(18,19)10-6-4-9(5-7-10)20-11-3-2-8-15-12(11)13(14)16-17/h2-8,17H,1H3,(H2,14,16). The van der Waals surface area contributed by atoms with E-state index in [9.17, 15) is 8.42 Å². The molecule has 0 aliphatic rings. The molecule has 0 bridgehead atoms. The first-order valence-corrected chi connectivity index (χ1v) is 8.53. The van der Waals surface area contributed by atoms with Crippen LogP contribution in [0.3, 0.4) is 0 Å². The molecule has 3 N–H and O–H groups in total. The van der Waals surface area contributed by atoms with Gasteiger partial charge in [-0.3, -0.25) is 4.98 Å². The topological polar surface area (TPSA) is 106 Å². The molecule has 0 aliphatic carbocycles. The lowest BCUT2D eigenvalue weighted by molar-refractivity contribution is 0.318. The zero-order valence-corrected chi connectivity index (χ0v) is 12.7. The maximum absolute atomic E-state index is 11.4. The average Bonchev–Trinajstić information content (AvgIpc) is 2.46. The summed E-state index contributed by atoms with van der Waals surface area (Å²) in [6, 6.07) is 10.00. The Labute approximate surface area is 126 Å². The first-order valence-electron chi connectivity index (χ1n) is 5.82. The fourth-order valence-electron chi connectivity index (χ4n) is 1.59. The van der Waals surface area contributed by atoms with E-state index in [4.69, 9.17) is 10.9 Å². The van der Waals surface area contributed by atoms with Crippen LogP contribution in [0.4, 0.5) is 0 Å². The van der Waals surface area contributed by atoms with Crippen LogP contribution in [-0.4, -0.2) is 30.7 Å². The number of pyridine rings is 1. The van der Waals surface area contributed by atoms with Gasteiger partial charge >= 0.3 is 0 Å². The highest BCUT2D eigenvalue weighted by atomic mass is 32.2. The van der Waals surface area contributed by atoms with Gasteiger partial charge in [-0.25, -0.2) is 8.42 Å². The van der Waals surface area contributed by atoms with Gasteiger partial charge < -0.3 is 10.9 Å². The Kier molecular flexibility index (Phi) is 4.49. The van der Waals surface area contributed by atoms with E-state index in [2.05, 4.69) is 10.1 Å². The van der Waals surface area contributed by atoms with Crippen molar-refractivity contribution in [2.75, 3.05) is 6.26 Å². The number of rotatable bonds is 4. The Morgan fingerprint density at radius 1 is 1.29 bits per heavy atom. The zero-order valence-electron chi connectivity index (χ0n) is 11.1. The molecule has 1 aromatic carbocycles. The van der Waals surface area contributed by atoms with E-state index in [0.29, 0.717) is 10.6 Å². The maximum atomic E-state index is 11.4. The zero-order chi connectivity index (χ0) is 15.5. The van der Waals surface area contributed by atoms with Gasteiger partial charge in [0.2, 0.25) is 0 Å². The van der Waals surface area contributed by atoms with Crippen LogP contribution in [-0.2, 0) is 9.84 Å². The van der Waals surface area contributed by atoms with Gasteiger partial charge in [-0.2, -0.15) is 0 Å². The Morgan fingerprint density at radius 3 is 2.52 bits per heavy atom. The van der Waals surface area contributed by atoms with Crippen molar-refractivity contribution in [2.45, 2.75) is 14.7 Å². The van der Waals surface area contributed by atoms with Crippen molar-refractivity contribution in [3.8, 4) is 0 Å². The molecule has 6 nitrogen and oxygen atoms in total. The third kappa shape index (κ3) is 3.73. The predicted octanol–water partition coefficient (Wildman–Crippen LogP) is 1.73. The van der Waals surface area contributed by atoms with Crippen LogP contribution >= 0.6 is 11.8 Å². The monoisotopic (exact) mass is 323 g/mol. The molecule has 0 aliphatic heterocycles. The lowest BCUT2D eigenvalue weighted by Gasteiger charge is -2.07. The van der Waals surface area contributed by atoms with Crippen molar-refractivity contribution in [3.05, 3.63) is 48.3 Å². The minimum Gasteiger partial charge on any atom is -0.409 e. The van der Waals surface area contributed by atoms with Crippen LogP contribution in [0.15, 0.2) is 62.4 Å². The molecule has 1 heterocycles. The van der Waals surface area contributed by atoms with Gasteiger partial charge in [0.25, 0.3) is 0 Å². The van der Waals surface area contributed by atoms with Gasteiger partial charge in [-0.1, -0.05) is 16.9 Å². The lowest BCUT2D eigenvalue weighted by atomic mass is 10.3. The van der Waals surface area contributed by atoms with Gasteiger partial charge in [0, 0.05) is 22.2 Å². The molecule has 8 heteroatoms. The van der Waals surface area contributed by atoms with Gasteiger partial charge in [-0.15, -0.1) is 0 Å². The van der Waals surface area contributed by atoms with E-state index in [1.54, 1.807) is 30.5 Å². The van der Waals surface area contributed by atoms with Crippen molar-refractivity contribution < 1.29 is 13.6 Å². The molecule has 0 spiro atoms. The molecule has 0 saturated heterocycles. The number of amidine groups is 1. The Bertz CT molecular complexity index is 772. The van der Waals surface area contributed by atoms with Crippen molar-refractivity contribution in [1.82, 2.24) is 4.98 Å². The summed E-state index contributed by atoms with van der Waals surface area (Å²) in [5.41, 5.74) is 5.95. The number of hydrogen-bond acceptors (Lipinski definition) is 6. The van der Waals surface area contributed by atoms with Gasteiger partial charge in [0.15, 0.2) is 15.7 Å². The minimum absolute atomic E-state index is 0.0779. The number of nitrogens with two attached hydrogens (primary N) is 1. The number of nitrogens with zero attached hydrogens (tertiary/aromatic N) is 2. The summed E-state index contributed by atoms with van der Waals surface area (Å²) in [6.45, 7) is 0. The summed E-state index contributed by atoms with van der Waals surface area (Å²) in [5.74, 6) is -0.0779. The summed E-state index contributed by atoms with van der Waals surface area (Å²) in [7, 11) is -3.21. The molecule has 0 saturated carbocycles. The van der Waals surface area contributed by atoms with Gasteiger partial charge in [0.05, 0.1) is 4.90 Å². The average molecular weight is 323 g/mol. The van der Waals surface area contributed by atoms with E-state index in [1.807, 2.05) is 0 Å². The number of hydrogen-bond donors (Lipinski definition) is 2. The molecule has 0 unspecified atom stereocenters. The Balaban J connectivity index is 2.31. The highest BCUT2D eigenvalue weighted by Gasteiger charge is 2.11. The maximum Gasteiger partial charge on any atom is 0.189 e. The van der Waals surface area contributed by atoms with Crippen LogP contribution in [0.1, 0.15) is 5.69 Å². The van der Waals surface area contributed by atoms with Crippen molar-refractivity contribution >= 4 is 27.4 Å². The Hall–Kier alpha value is -2.06. The highest BCUT2D eigenvalue weighted by molar-refractivity contribution is 7.99. The fourth-order valence-corrected chi connectivity index (χ4v) is 3.15. The van der Waals surface area contributed by atoms with Crippen LogP contribution in [0.5, 0.6) is 0 Å². The van der Waals surface area contributed by atoms with E-state index in [-0.39, 0.29) is 10.7 Å². The summed E-state index contributed by atoms with van der Waals surface area (Å²) >= 11 is 1.35. The van der Waals surface area contributed by atoms with E-state index >= 15 is 0 Å². The molecule has 0 fully saturated rings. The second kappa shape index (κ2) is 6.15. The first-order chi connectivity index (χ1) is 9.91. The van der Waals surface area contributed by atoms with E-state index < -0.39 is 9.84 Å². The normalized spacial score (nSPS) is 12.3. The number of benzene rings is 1. The number of aromatic nitrogens is 1. The van der Waals surface area contributed by atoms with E-state index in [1.165, 1.54) is 23.9 Å². The molecule has 21 heavy (non-hydrogen) atoms. The summed E-state index contributed by atoms with van der Waals surface area (Å²) < 4.78 is 22.8. The Morgan fingerprint density at radius 2 is 1.95 bits per heavy atom. The van der Waals surface area contributed by atoms with Crippen molar-refractivity contribution in [2.24, 2.45) is 10.9 Å². The summed E-state index contributed by atoms with van der Waals surface area (Å²) in [4.78, 5) is 5.86. The molecule has 110 valence electrons. The summed E-state index contributed by atoms with van der Waals surface area (Å²) in [5, 5.41) is 11.7. The third-order valence-electron chi connectivity index (χ3n) is 2.60. The van der Waals surface area contributed by atoms with E-state index in [0.717, 1.165) is 11.2 Å². The molecule has 0 radical (unpaired) electrons. The van der Waals surface area contributed by atoms with Gasteiger partial charge in [-0.05, 0) is 36.4 Å². The van der Waals surface area contributed by atoms with Crippen LogP contribution in [0.2, 0.25) is 0 Å². The smallest absolute Gasteiger partial charge is 0.189 e. The largest absolute Gasteiger partial charge is 0.409 e. The molecule has 0 amide bonds. The first kappa shape index (κ1) is 15.3. The third-order valence-corrected chi connectivity index (χ3v) is 4.79. The quantitative estimate of drug-likeness (QED) is 0.384. The number of sulfone groups is 1. The molecular weight excluding hydrogens is 310 g/mol. The molecule has 0 atom stereocenters. The predicted molar refractivity (Wildman–Crippen MR) is 80.4 cm³/mol. The lowest BCUT2D eigenvalue weighted by Crippen LogP contribution is -2.15. The van der Waals surface area contributed by atoms with Crippen LogP contribution in [0, 0.1) is 0 Å². The minimum atomic E-state index is -3.21.